The van der Waals surface area contributed by atoms with Gasteiger partial charge in [-0.2, -0.15) is 5.26 Å². The van der Waals surface area contributed by atoms with Crippen molar-refractivity contribution < 1.29 is 0 Å². The van der Waals surface area contributed by atoms with E-state index in [0.29, 0.717) is 0 Å². The minimum absolute atomic E-state index is 0.731. The second-order valence-corrected chi connectivity index (χ2v) is 5.16. The summed E-state index contributed by atoms with van der Waals surface area (Å²) in [5, 5.41) is 8.53. The van der Waals surface area contributed by atoms with Crippen molar-refractivity contribution in [2.45, 2.75) is 0 Å². The summed E-state index contributed by atoms with van der Waals surface area (Å²) >= 11 is 0. The maximum absolute atomic E-state index is 8.53. The third-order valence-corrected chi connectivity index (χ3v) is 3.49. The highest BCUT2D eigenvalue weighted by atomic mass is 14.8. The number of nitriles is 1. The van der Waals surface area contributed by atoms with Crippen LogP contribution in [0.5, 0.6) is 0 Å². The van der Waals surface area contributed by atoms with Crippen molar-refractivity contribution in [1.82, 2.24) is 9.97 Å². The molecule has 0 bridgehead atoms. The first-order chi connectivity index (χ1) is 11.8. The molecule has 0 saturated heterocycles. The molecule has 0 atom stereocenters. The van der Waals surface area contributed by atoms with E-state index in [9.17, 15) is 0 Å². The summed E-state index contributed by atoms with van der Waals surface area (Å²) in [5.74, 6) is 0.731. The number of hydrogen-bond donors (Lipinski definition) is 0. The van der Waals surface area contributed by atoms with Crippen LogP contribution in [0.1, 0.15) is 16.7 Å². The lowest BCUT2D eigenvalue weighted by molar-refractivity contribution is 1.18. The molecule has 3 nitrogen and oxygen atoms in total. The molecule has 3 rings (SSSR count). The zero-order chi connectivity index (χ0) is 16.6. The molecular weight excluding hydrogens is 294 g/mol. The van der Waals surface area contributed by atoms with Gasteiger partial charge in [-0.25, -0.2) is 9.97 Å². The standard InChI is InChI=1S/C21H15N3/c22-14-1-3-17-4-6-18(7-5-17)8-9-19-10-12-20(13-11-19)21-23-15-2-16-24-21/h1-13,15-16H. The zero-order valence-electron chi connectivity index (χ0n) is 13.0. The average Bonchev–Trinajstić information content (AvgIpc) is 2.67. The molecule has 1 heterocycles. The van der Waals surface area contributed by atoms with Crippen molar-refractivity contribution >= 4 is 18.2 Å². The predicted octanol–water partition coefficient (Wildman–Crippen LogP) is 4.85. The molecule has 2 aromatic carbocycles. The Hall–Kier alpha value is -3.51. The molecule has 0 amide bonds. The van der Waals surface area contributed by atoms with Gasteiger partial charge in [-0.15, -0.1) is 0 Å². The number of rotatable bonds is 4. The van der Waals surface area contributed by atoms with Crippen molar-refractivity contribution in [3.05, 3.63) is 89.8 Å². The van der Waals surface area contributed by atoms with Gasteiger partial charge in [0.2, 0.25) is 0 Å². The summed E-state index contributed by atoms with van der Waals surface area (Å²) in [6.07, 6.45) is 10.9. The van der Waals surface area contributed by atoms with Gasteiger partial charge >= 0.3 is 0 Å². The first kappa shape index (κ1) is 15.4. The first-order valence-corrected chi connectivity index (χ1v) is 7.57. The summed E-state index contributed by atoms with van der Waals surface area (Å²) in [7, 11) is 0. The Balaban J connectivity index is 1.71. The molecule has 1 aromatic heterocycles. The fourth-order valence-corrected chi connectivity index (χ4v) is 2.24. The van der Waals surface area contributed by atoms with Crippen LogP contribution < -0.4 is 0 Å². The fourth-order valence-electron chi connectivity index (χ4n) is 2.24. The molecule has 3 aromatic rings. The van der Waals surface area contributed by atoms with E-state index in [1.54, 1.807) is 18.5 Å². The van der Waals surface area contributed by atoms with Gasteiger partial charge in [0.15, 0.2) is 5.82 Å². The molecule has 0 aliphatic carbocycles. The Morgan fingerprint density at radius 2 is 1.21 bits per heavy atom. The fraction of sp³-hybridized carbons (Fsp3) is 0. The number of allylic oxidation sites excluding steroid dienone is 1. The van der Waals surface area contributed by atoms with Crippen molar-refractivity contribution in [1.29, 1.82) is 5.26 Å². The van der Waals surface area contributed by atoms with Crippen LogP contribution in [0.15, 0.2) is 73.1 Å². The van der Waals surface area contributed by atoms with E-state index in [0.717, 1.165) is 28.1 Å². The lowest BCUT2D eigenvalue weighted by Crippen LogP contribution is -1.86. The van der Waals surface area contributed by atoms with Gasteiger partial charge in [0.25, 0.3) is 0 Å². The Kier molecular flexibility index (Phi) is 4.91. The van der Waals surface area contributed by atoms with E-state index in [4.69, 9.17) is 5.26 Å². The molecular formula is C21H15N3. The van der Waals surface area contributed by atoms with Crippen molar-refractivity contribution in [2.75, 3.05) is 0 Å². The largest absolute Gasteiger partial charge is 0.237 e. The number of hydrogen-bond acceptors (Lipinski definition) is 3. The summed E-state index contributed by atoms with van der Waals surface area (Å²) < 4.78 is 0. The van der Waals surface area contributed by atoms with Crippen molar-refractivity contribution in [3.63, 3.8) is 0 Å². The predicted molar refractivity (Wildman–Crippen MR) is 97.5 cm³/mol. The van der Waals surface area contributed by atoms with Gasteiger partial charge in [0, 0.05) is 24.0 Å². The summed E-state index contributed by atoms with van der Waals surface area (Å²) in [4.78, 5) is 8.49. The van der Waals surface area contributed by atoms with E-state index < -0.39 is 0 Å². The monoisotopic (exact) mass is 309 g/mol. The Bertz CT molecular complexity index is 885. The first-order valence-electron chi connectivity index (χ1n) is 7.57. The summed E-state index contributed by atoms with van der Waals surface area (Å²) in [6, 6.07) is 20.0. The van der Waals surface area contributed by atoms with Crippen LogP contribution in [0.25, 0.3) is 29.6 Å². The van der Waals surface area contributed by atoms with Gasteiger partial charge < -0.3 is 0 Å². The highest BCUT2D eigenvalue weighted by Crippen LogP contribution is 2.16. The minimum atomic E-state index is 0.731. The normalized spacial score (nSPS) is 11.0. The molecule has 0 aliphatic rings. The molecule has 3 heteroatoms. The van der Waals surface area contributed by atoms with Gasteiger partial charge in [-0.1, -0.05) is 60.7 Å². The lowest BCUT2D eigenvalue weighted by atomic mass is 10.1. The molecule has 0 saturated carbocycles. The van der Waals surface area contributed by atoms with Gasteiger partial charge in [-0.05, 0) is 28.8 Å². The average molecular weight is 309 g/mol. The maximum atomic E-state index is 8.53. The van der Waals surface area contributed by atoms with E-state index in [2.05, 4.69) is 22.1 Å². The van der Waals surface area contributed by atoms with Crippen molar-refractivity contribution in [2.24, 2.45) is 0 Å². The third-order valence-electron chi connectivity index (χ3n) is 3.49. The second-order valence-electron chi connectivity index (χ2n) is 5.16. The SMILES string of the molecule is N#CC=Cc1ccc(C=Cc2ccc(-c3ncccn3)cc2)cc1. The Labute approximate surface area is 141 Å². The van der Waals surface area contributed by atoms with E-state index in [1.807, 2.05) is 60.7 Å². The quantitative estimate of drug-likeness (QED) is 0.511. The highest BCUT2D eigenvalue weighted by Gasteiger charge is 1.98. The van der Waals surface area contributed by atoms with Gasteiger partial charge in [0.05, 0.1) is 6.07 Å². The smallest absolute Gasteiger partial charge is 0.159 e. The Morgan fingerprint density at radius 3 is 1.75 bits per heavy atom. The van der Waals surface area contributed by atoms with Crippen LogP contribution >= 0.6 is 0 Å². The van der Waals surface area contributed by atoms with Crippen molar-refractivity contribution in [3.8, 4) is 17.5 Å². The number of benzene rings is 2. The second kappa shape index (κ2) is 7.66. The zero-order valence-corrected chi connectivity index (χ0v) is 13.0. The van der Waals surface area contributed by atoms with Crippen LogP contribution in [-0.4, -0.2) is 9.97 Å². The van der Waals surface area contributed by atoms with Crippen LogP contribution in [-0.2, 0) is 0 Å². The molecule has 0 unspecified atom stereocenters. The molecule has 114 valence electrons. The Morgan fingerprint density at radius 1 is 0.708 bits per heavy atom. The maximum Gasteiger partial charge on any atom is 0.159 e. The lowest BCUT2D eigenvalue weighted by Gasteiger charge is -2.00. The highest BCUT2D eigenvalue weighted by molar-refractivity contribution is 5.71. The molecule has 0 fully saturated rings. The van der Waals surface area contributed by atoms with E-state index in [-0.39, 0.29) is 0 Å². The van der Waals surface area contributed by atoms with E-state index >= 15 is 0 Å². The number of nitrogens with zero attached hydrogens (tertiary/aromatic N) is 3. The summed E-state index contributed by atoms with van der Waals surface area (Å²) in [6.45, 7) is 0. The van der Waals surface area contributed by atoms with Gasteiger partial charge in [-0.3, -0.25) is 0 Å². The van der Waals surface area contributed by atoms with Gasteiger partial charge in [0.1, 0.15) is 0 Å². The molecule has 0 N–H and O–H groups in total. The van der Waals surface area contributed by atoms with Crippen LogP contribution in [0.2, 0.25) is 0 Å². The van der Waals surface area contributed by atoms with Crippen LogP contribution in [0, 0.1) is 11.3 Å². The van der Waals surface area contributed by atoms with Crippen LogP contribution in [0.4, 0.5) is 0 Å². The van der Waals surface area contributed by atoms with Crippen LogP contribution in [0.3, 0.4) is 0 Å². The topological polar surface area (TPSA) is 49.6 Å². The van der Waals surface area contributed by atoms with E-state index in [1.165, 1.54) is 6.08 Å². The minimum Gasteiger partial charge on any atom is -0.237 e. The molecule has 0 radical (unpaired) electrons. The number of aromatic nitrogens is 2. The molecule has 0 spiro atoms. The molecule has 24 heavy (non-hydrogen) atoms. The molecule has 0 aliphatic heterocycles. The third kappa shape index (κ3) is 4.02. The summed E-state index contributed by atoms with van der Waals surface area (Å²) in [5.41, 5.74) is 4.24.